The molecule has 0 unspecified atom stereocenters. The molecule has 1 aliphatic heterocycles. The number of fused-ring (bicyclic) bond motifs is 1. The van der Waals surface area contributed by atoms with E-state index in [4.69, 9.17) is 0 Å². The number of hydrogen-bond acceptors (Lipinski definition) is 7. The van der Waals surface area contributed by atoms with Gasteiger partial charge in [0, 0.05) is 57.0 Å². The molecule has 1 fully saturated rings. The second-order valence-corrected chi connectivity index (χ2v) is 6.92. The number of nitrogens with zero attached hydrogens (tertiary/aromatic N) is 9. The van der Waals surface area contributed by atoms with E-state index in [1.807, 2.05) is 49.1 Å². The third kappa shape index (κ3) is 2.94. The van der Waals surface area contributed by atoms with Gasteiger partial charge in [0.2, 0.25) is 0 Å². The van der Waals surface area contributed by atoms with Crippen molar-refractivity contribution in [2.24, 2.45) is 0 Å². The van der Waals surface area contributed by atoms with Crippen molar-refractivity contribution in [3.05, 3.63) is 54.5 Å². The molecule has 28 heavy (non-hydrogen) atoms. The fraction of sp³-hybridized carbons (Fsp3) is 0.316. The number of anilines is 2. The Balaban J connectivity index is 1.37. The van der Waals surface area contributed by atoms with Gasteiger partial charge in [-0.05, 0) is 26.0 Å². The van der Waals surface area contributed by atoms with Crippen LogP contribution in [0.5, 0.6) is 0 Å². The van der Waals surface area contributed by atoms with E-state index < -0.39 is 0 Å². The van der Waals surface area contributed by atoms with Crippen LogP contribution >= 0.6 is 0 Å². The zero-order valence-electron chi connectivity index (χ0n) is 15.9. The van der Waals surface area contributed by atoms with Crippen molar-refractivity contribution < 1.29 is 0 Å². The first-order valence-electron chi connectivity index (χ1n) is 9.34. The molecular formula is C19H21N9. The Morgan fingerprint density at radius 1 is 0.857 bits per heavy atom. The normalized spacial score (nSPS) is 14.8. The predicted molar refractivity (Wildman–Crippen MR) is 106 cm³/mol. The smallest absolute Gasteiger partial charge is 0.159 e. The molecule has 142 valence electrons. The highest BCUT2D eigenvalue weighted by molar-refractivity contribution is 5.69. The molecule has 0 atom stereocenters. The Morgan fingerprint density at radius 2 is 1.64 bits per heavy atom. The van der Waals surface area contributed by atoms with Crippen LogP contribution < -0.4 is 9.80 Å². The predicted octanol–water partition coefficient (Wildman–Crippen LogP) is 1.65. The molecule has 0 saturated carbocycles. The first-order chi connectivity index (χ1) is 13.7. The second kappa shape index (κ2) is 6.59. The first-order valence-corrected chi connectivity index (χ1v) is 9.34. The van der Waals surface area contributed by atoms with E-state index in [1.54, 1.807) is 10.9 Å². The Morgan fingerprint density at radius 3 is 2.43 bits per heavy atom. The van der Waals surface area contributed by atoms with Crippen LogP contribution in [0.4, 0.5) is 11.6 Å². The maximum atomic E-state index is 4.64. The summed E-state index contributed by atoms with van der Waals surface area (Å²) in [7, 11) is 0. The Kier molecular flexibility index (Phi) is 3.92. The maximum absolute atomic E-state index is 4.64. The van der Waals surface area contributed by atoms with Crippen molar-refractivity contribution in [1.82, 2.24) is 34.3 Å². The minimum Gasteiger partial charge on any atom is -0.353 e. The summed E-state index contributed by atoms with van der Waals surface area (Å²) < 4.78 is 3.66. The second-order valence-electron chi connectivity index (χ2n) is 6.92. The largest absolute Gasteiger partial charge is 0.353 e. The van der Waals surface area contributed by atoms with Crippen LogP contribution in [0.3, 0.4) is 0 Å². The standard InChI is InChI=1S/C19H21N9/c1-14-12-16-19(20-5-7-27(16)24-14)26-10-8-25(9-11-26)17-13-18(23-15(2)22-17)28-6-3-4-21-28/h3-7,12-13H,8-11H2,1-2H3. The van der Waals surface area contributed by atoms with Crippen LogP contribution in [-0.2, 0) is 0 Å². The summed E-state index contributed by atoms with van der Waals surface area (Å²) in [6.45, 7) is 7.40. The van der Waals surface area contributed by atoms with Crippen molar-refractivity contribution in [3.8, 4) is 5.82 Å². The zero-order valence-corrected chi connectivity index (χ0v) is 15.9. The molecule has 9 heteroatoms. The van der Waals surface area contributed by atoms with Crippen molar-refractivity contribution in [3.63, 3.8) is 0 Å². The number of hydrogen-bond donors (Lipinski definition) is 0. The van der Waals surface area contributed by atoms with Crippen molar-refractivity contribution >= 4 is 17.2 Å². The minimum absolute atomic E-state index is 0.742. The molecule has 5 heterocycles. The summed E-state index contributed by atoms with van der Waals surface area (Å²) in [6, 6.07) is 5.97. The summed E-state index contributed by atoms with van der Waals surface area (Å²) in [5.41, 5.74) is 2.04. The first kappa shape index (κ1) is 16.7. The highest BCUT2D eigenvalue weighted by Gasteiger charge is 2.22. The summed E-state index contributed by atoms with van der Waals surface area (Å²) in [5, 5.41) is 8.77. The lowest BCUT2D eigenvalue weighted by Gasteiger charge is -2.36. The van der Waals surface area contributed by atoms with Crippen LogP contribution in [0, 0.1) is 13.8 Å². The van der Waals surface area contributed by atoms with Gasteiger partial charge in [0.1, 0.15) is 17.2 Å². The summed E-state index contributed by atoms with van der Waals surface area (Å²) in [6.07, 6.45) is 7.35. The number of aryl methyl sites for hydroxylation is 2. The summed E-state index contributed by atoms with van der Waals surface area (Å²) in [5.74, 6) is 3.45. The fourth-order valence-corrected chi connectivity index (χ4v) is 3.64. The zero-order chi connectivity index (χ0) is 19.1. The molecule has 4 aromatic rings. The highest BCUT2D eigenvalue weighted by atomic mass is 15.3. The molecule has 4 aromatic heterocycles. The fourth-order valence-electron chi connectivity index (χ4n) is 3.64. The van der Waals surface area contributed by atoms with Gasteiger partial charge in [0.25, 0.3) is 0 Å². The van der Waals surface area contributed by atoms with Gasteiger partial charge in [-0.3, -0.25) is 0 Å². The van der Waals surface area contributed by atoms with Gasteiger partial charge in [-0.15, -0.1) is 0 Å². The molecule has 0 aromatic carbocycles. The molecule has 0 amide bonds. The van der Waals surface area contributed by atoms with E-state index in [-0.39, 0.29) is 0 Å². The molecule has 0 radical (unpaired) electrons. The van der Waals surface area contributed by atoms with Crippen LogP contribution in [0.15, 0.2) is 43.0 Å². The van der Waals surface area contributed by atoms with Gasteiger partial charge >= 0.3 is 0 Å². The Labute approximate surface area is 162 Å². The molecular weight excluding hydrogens is 354 g/mol. The van der Waals surface area contributed by atoms with Gasteiger partial charge in [-0.25, -0.2) is 24.1 Å². The van der Waals surface area contributed by atoms with Gasteiger partial charge in [-0.1, -0.05) is 0 Å². The molecule has 1 aliphatic rings. The van der Waals surface area contributed by atoms with E-state index in [9.17, 15) is 0 Å². The van der Waals surface area contributed by atoms with E-state index in [0.717, 1.165) is 60.7 Å². The highest BCUT2D eigenvalue weighted by Crippen LogP contribution is 2.23. The number of rotatable bonds is 3. The summed E-state index contributed by atoms with van der Waals surface area (Å²) in [4.78, 5) is 18.4. The van der Waals surface area contributed by atoms with Crippen LogP contribution in [0.1, 0.15) is 11.5 Å². The molecule has 1 saturated heterocycles. The molecule has 0 spiro atoms. The van der Waals surface area contributed by atoms with Gasteiger partial charge < -0.3 is 9.80 Å². The van der Waals surface area contributed by atoms with Crippen LogP contribution in [0.2, 0.25) is 0 Å². The maximum Gasteiger partial charge on any atom is 0.159 e. The quantitative estimate of drug-likeness (QED) is 0.539. The average molecular weight is 375 g/mol. The molecule has 0 N–H and O–H groups in total. The lowest BCUT2D eigenvalue weighted by molar-refractivity contribution is 0.639. The molecule has 5 rings (SSSR count). The molecule has 9 nitrogen and oxygen atoms in total. The van der Waals surface area contributed by atoms with Crippen molar-refractivity contribution in [1.29, 1.82) is 0 Å². The SMILES string of the molecule is Cc1cc2c(N3CCN(c4cc(-n5cccn5)nc(C)n4)CC3)nccn2n1. The van der Waals surface area contributed by atoms with Crippen molar-refractivity contribution in [2.75, 3.05) is 36.0 Å². The third-order valence-corrected chi connectivity index (χ3v) is 4.94. The monoisotopic (exact) mass is 375 g/mol. The van der Waals surface area contributed by atoms with Crippen LogP contribution in [-0.4, -0.2) is 60.5 Å². The topological polar surface area (TPSA) is 80.3 Å². The number of aromatic nitrogens is 7. The van der Waals surface area contributed by atoms with Crippen LogP contribution in [0.25, 0.3) is 11.3 Å². The van der Waals surface area contributed by atoms with E-state index in [2.05, 4.69) is 41.0 Å². The minimum atomic E-state index is 0.742. The lowest BCUT2D eigenvalue weighted by Crippen LogP contribution is -2.47. The molecule has 0 bridgehead atoms. The third-order valence-electron chi connectivity index (χ3n) is 4.94. The Hall–Kier alpha value is -3.49. The average Bonchev–Trinajstić information content (AvgIpc) is 3.36. The van der Waals surface area contributed by atoms with Gasteiger partial charge in [0.15, 0.2) is 11.6 Å². The molecule has 0 aliphatic carbocycles. The van der Waals surface area contributed by atoms with Crippen molar-refractivity contribution in [2.45, 2.75) is 13.8 Å². The van der Waals surface area contributed by atoms with Gasteiger partial charge in [0.05, 0.1) is 5.69 Å². The van der Waals surface area contributed by atoms with Gasteiger partial charge in [-0.2, -0.15) is 10.2 Å². The van der Waals surface area contributed by atoms with E-state index in [0.29, 0.717) is 0 Å². The van der Waals surface area contributed by atoms with E-state index >= 15 is 0 Å². The summed E-state index contributed by atoms with van der Waals surface area (Å²) >= 11 is 0. The lowest BCUT2D eigenvalue weighted by atomic mass is 10.3. The van der Waals surface area contributed by atoms with E-state index in [1.165, 1.54) is 0 Å². The Bertz CT molecular complexity index is 1110. The number of piperazine rings is 1.